The Morgan fingerprint density at radius 1 is 0.957 bits per heavy atom. The topological polar surface area (TPSA) is 158 Å². The van der Waals surface area contributed by atoms with Gasteiger partial charge in [0.1, 0.15) is 29.8 Å². The molecule has 1 aromatic heterocycles. The minimum absolute atomic E-state index is 0.00994. The van der Waals surface area contributed by atoms with Gasteiger partial charge in [0.05, 0.1) is 11.4 Å². The molecule has 0 aliphatic carbocycles. The Balaban J connectivity index is 1.61. The highest BCUT2D eigenvalue weighted by molar-refractivity contribution is 6.03. The summed E-state index contributed by atoms with van der Waals surface area (Å²) in [6.45, 7) is 4.80. The SMILES string of the molecule is CC(C)(C)OC(=O)Nc1cccc(C(O)c2ccc(F)c(NC(=O)c3cc(C(F)(F)F)nn3-c3cccc(COC(N)=O)c3)c2)c1. The first-order valence-corrected chi connectivity index (χ1v) is 13.6. The number of nitrogens with one attached hydrogen (secondary N) is 2. The van der Waals surface area contributed by atoms with Crippen molar-refractivity contribution < 1.29 is 46.5 Å². The Labute approximate surface area is 259 Å². The van der Waals surface area contributed by atoms with Crippen molar-refractivity contribution in [2.45, 2.75) is 45.3 Å². The fourth-order valence-corrected chi connectivity index (χ4v) is 4.21. The van der Waals surface area contributed by atoms with Crippen molar-refractivity contribution >= 4 is 29.5 Å². The highest BCUT2D eigenvalue weighted by Gasteiger charge is 2.36. The third-order valence-electron chi connectivity index (χ3n) is 6.17. The maximum Gasteiger partial charge on any atom is 0.435 e. The van der Waals surface area contributed by atoms with Gasteiger partial charge in [-0.3, -0.25) is 10.1 Å². The van der Waals surface area contributed by atoms with Gasteiger partial charge < -0.3 is 25.6 Å². The normalized spacial score (nSPS) is 12.3. The molecule has 0 radical (unpaired) electrons. The number of rotatable bonds is 8. The van der Waals surface area contributed by atoms with Gasteiger partial charge in [-0.05, 0) is 73.9 Å². The van der Waals surface area contributed by atoms with Crippen LogP contribution in [0.1, 0.15) is 59.7 Å². The second-order valence-electron chi connectivity index (χ2n) is 11.0. The highest BCUT2D eigenvalue weighted by atomic mass is 19.4. The number of benzene rings is 3. The number of ether oxygens (including phenoxy) is 2. The smallest absolute Gasteiger partial charge is 0.435 e. The van der Waals surface area contributed by atoms with Crippen molar-refractivity contribution in [3.8, 4) is 5.69 Å². The largest absolute Gasteiger partial charge is 0.445 e. The quantitative estimate of drug-likeness (QED) is 0.164. The molecule has 5 N–H and O–H groups in total. The van der Waals surface area contributed by atoms with Crippen LogP contribution in [0.2, 0.25) is 0 Å². The molecule has 0 aliphatic heterocycles. The molecule has 1 atom stereocenters. The fourth-order valence-electron chi connectivity index (χ4n) is 4.21. The number of aromatic nitrogens is 2. The predicted molar refractivity (Wildman–Crippen MR) is 158 cm³/mol. The Bertz CT molecular complexity index is 1770. The maximum absolute atomic E-state index is 14.9. The molecule has 0 saturated heterocycles. The van der Waals surface area contributed by atoms with Gasteiger partial charge in [0.2, 0.25) is 0 Å². The number of carbonyl (C=O) groups excluding carboxylic acids is 3. The van der Waals surface area contributed by atoms with Crippen LogP contribution in [0, 0.1) is 5.82 Å². The number of alkyl halides is 3. The molecule has 46 heavy (non-hydrogen) atoms. The Kier molecular flexibility index (Phi) is 9.66. The summed E-state index contributed by atoms with van der Waals surface area (Å²) >= 11 is 0. The molecule has 11 nitrogen and oxygen atoms in total. The summed E-state index contributed by atoms with van der Waals surface area (Å²) in [7, 11) is 0. The zero-order valence-electron chi connectivity index (χ0n) is 24.7. The highest BCUT2D eigenvalue weighted by Crippen LogP contribution is 2.31. The summed E-state index contributed by atoms with van der Waals surface area (Å²) in [6, 6.07) is 15.6. The first kappa shape index (κ1) is 33.5. The van der Waals surface area contributed by atoms with Crippen LogP contribution in [-0.2, 0) is 22.3 Å². The summed E-state index contributed by atoms with van der Waals surface area (Å²) in [5, 5.41) is 19.4. The molecule has 3 aromatic carbocycles. The monoisotopic (exact) mass is 643 g/mol. The van der Waals surface area contributed by atoms with E-state index < -0.39 is 58.9 Å². The molecular weight excluding hydrogens is 614 g/mol. The van der Waals surface area contributed by atoms with Crippen molar-refractivity contribution in [3.63, 3.8) is 0 Å². The van der Waals surface area contributed by atoms with Crippen LogP contribution < -0.4 is 16.4 Å². The number of carbonyl (C=O) groups is 3. The van der Waals surface area contributed by atoms with E-state index in [2.05, 4.69) is 15.7 Å². The molecule has 1 unspecified atom stereocenters. The third-order valence-corrected chi connectivity index (χ3v) is 6.17. The van der Waals surface area contributed by atoms with Gasteiger partial charge in [-0.25, -0.2) is 18.7 Å². The molecule has 4 rings (SSSR count). The molecule has 15 heteroatoms. The summed E-state index contributed by atoms with van der Waals surface area (Å²) in [5.41, 5.74) is 2.89. The number of hydrogen-bond donors (Lipinski definition) is 4. The van der Waals surface area contributed by atoms with Crippen LogP contribution in [0.15, 0.2) is 72.8 Å². The van der Waals surface area contributed by atoms with Crippen LogP contribution in [0.25, 0.3) is 5.69 Å². The second-order valence-corrected chi connectivity index (χ2v) is 11.0. The van der Waals surface area contributed by atoms with Crippen molar-refractivity contribution in [1.82, 2.24) is 9.78 Å². The Hall–Kier alpha value is -5.44. The van der Waals surface area contributed by atoms with Crippen molar-refractivity contribution in [2.75, 3.05) is 10.6 Å². The van der Waals surface area contributed by atoms with Gasteiger partial charge in [-0.1, -0.05) is 30.3 Å². The molecule has 0 bridgehead atoms. The molecule has 1 heterocycles. The molecule has 0 fully saturated rings. The van der Waals surface area contributed by atoms with Crippen molar-refractivity contribution in [2.24, 2.45) is 5.73 Å². The number of amides is 3. The number of primary amides is 1. The van der Waals surface area contributed by atoms with E-state index in [1.54, 1.807) is 39.0 Å². The van der Waals surface area contributed by atoms with Crippen molar-refractivity contribution in [3.05, 3.63) is 107 Å². The Morgan fingerprint density at radius 2 is 1.65 bits per heavy atom. The lowest BCUT2D eigenvalue weighted by Gasteiger charge is -2.20. The lowest BCUT2D eigenvalue weighted by Crippen LogP contribution is -2.27. The van der Waals surface area contributed by atoms with Gasteiger partial charge in [-0.15, -0.1) is 0 Å². The average molecular weight is 644 g/mol. The van der Waals surface area contributed by atoms with Gasteiger partial charge in [0.25, 0.3) is 5.91 Å². The van der Waals surface area contributed by atoms with E-state index in [1.807, 2.05) is 0 Å². The number of nitrogens with two attached hydrogens (primary N) is 1. The average Bonchev–Trinajstić information content (AvgIpc) is 3.43. The molecule has 0 saturated carbocycles. The van der Waals surface area contributed by atoms with Gasteiger partial charge in [0, 0.05) is 11.8 Å². The summed E-state index contributed by atoms with van der Waals surface area (Å²) in [6.07, 6.45) is -8.06. The first-order chi connectivity index (χ1) is 21.5. The van der Waals surface area contributed by atoms with E-state index in [0.29, 0.717) is 27.6 Å². The number of aliphatic hydroxyl groups excluding tert-OH is 1. The minimum Gasteiger partial charge on any atom is -0.445 e. The number of halogens is 4. The third kappa shape index (κ3) is 8.59. The van der Waals surface area contributed by atoms with E-state index in [1.165, 1.54) is 36.4 Å². The van der Waals surface area contributed by atoms with Gasteiger partial charge >= 0.3 is 18.4 Å². The molecule has 4 aromatic rings. The molecule has 3 amide bonds. The van der Waals surface area contributed by atoms with Gasteiger partial charge in [0.15, 0.2) is 5.69 Å². The second kappa shape index (κ2) is 13.3. The number of nitrogens with zero attached hydrogens (tertiary/aromatic N) is 2. The van der Waals surface area contributed by atoms with E-state index in [-0.39, 0.29) is 17.9 Å². The summed E-state index contributed by atoms with van der Waals surface area (Å²) in [4.78, 5) is 36.4. The predicted octanol–water partition coefficient (Wildman–Crippen LogP) is 6.31. The number of anilines is 2. The van der Waals surface area contributed by atoms with Crippen molar-refractivity contribution in [1.29, 1.82) is 0 Å². The van der Waals surface area contributed by atoms with Gasteiger partial charge in [-0.2, -0.15) is 18.3 Å². The molecule has 0 aliphatic rings. The fraction of sp³-hybridized carbons (Fsp3) is 0.226. The van der Waals surface area contributed by atoms with E-state index >= 15 is 0 Å². The minimum atomic E-state index is -4.92. The van der Waals surface area contributed by atoms with E-state index in [4.69, 9.17) is 15.2 Å². The zero-order valence-corrected chi connectivity index (χ0v) is 24.7. The van der Waals surface area contributed by atoms with E-state index in [0.717, 1.165) is 12.1 Å². The van der Waals surface area contributed by atoms with Crippen LogP contribution in [0.4, 0.5) is 38.5 Å². The summed E-state index contributed by atoms with van der Waals surface area (Å²) in [5.74, 6) is -2.08. The first-order valence-electron chi connectivity index (χ1n) is 13.6. The lowest BCUT2D eigenvalue weighted by molar-refractivity contribution is -0.141. The van der Waals surface area contributed by atoms with Crippen LogP contribution in [0.5, 0.6) is 0 Å². The molecule has 242 valence electrons. The number of aliphatic hydroxyl groups is 1. The zero-order chi connectivity index (χ0) is 33.8. The van der Waals surface area contributed by atoms with Crippen LogP contribution in [-0.4, -0.2) is 38.6 Å². The lowest BCUT2D eigenvalue weighted by atomic mass is 10.0. The molecular formula is C31H29F4N5O6. The maximum atomic E-state index is 14.9. The van der Waals surface area contributed by atoms with Crippen LogP contribution >= 0.6 is 0 Å². The molecule has 0 spiro atoms. The van der Waals surface area contributed by atoms with Crippen LogP contribution in [0.3, 0.4) is 0 Å². The van der Waals surface area contributed by atoms with E-state index in [9.17, 15) is 37.1 Å². The summed E-state index contributed by atoms with van der Waals surface area (Å²) < 4.78 is 66.4. The number of hydrogen-bond acceptors (Lipinski definition) is 7. The standard InChI is InChI=1S/C31H29F4N5O6/c1-30(2,3)46-29(44)37-20-8-5-7-18(13-20)26(41)19-10-11-22(32)23(14-19)38-27(42)24-15-25(31(33,34)35)39-40(24)21-9-4-6-17(12-21)16-45-28(36)43/h4-15,26,41H,16H2,1-3H3,(H2,36,43)(H,37,44)(H,38,42). The Morgan fingerprint density at radius 3 is 2.33 bits per heavy atom.